The van der Waals surface area contributed by atoms with Crippen molar-refractivity contribution in [2.45, 2.75) is 52.3 Å². The van der Waals surface area contributed by atoms with E-state index in [4.69, 9.17) is 7.85 Å². The minimum absolute atomic E-state index is 0.0985. The van der Waals surface area contributed by atoms with Crippen LogP contribution >= 0.6 is 0 Å². The third kappa shape index (κ3) is 3.81. The number of hydrogen-bond donors (Lipinski definition) is 0. The van der Waals surface area contributed by atoms with Crippen molar-refractivity contribution in [2.75, 3.05) is 0 Å². The van der Waals surface area contributed by atoms with Crippen LogP contribution in [0.5, 0.6) is 0 Å². The largest absolute Gasteiger partial charge is 0.272 e. The lowest BCUT2D eigenvalue weighted by Gasteiger charge is -2.24. The second-order valence-corrected chi connectivity index (χ2v) is 5.08. The van der Waals surface area contributed by atoms with E-state index < -0.39 is 5.41 Å². The van der Waals surface area contributed by atoms with Crippen LogP contribution in [0, 0.1) is 11.3 Å². The molecule has 82 valence electrons. The van der Waals surface area contributed by atoms with Gasteiger partial charge in [0, 0.05) is 11.6 Å². The molecular weight excluding hydrogens is 185 g/mol. The van der Waals surface area contributed by atoms with E-state index >= 15 is 0 Å². The maximum atomic E-state index is 11.5. The van der Waals surface area contributed by atoms with E-state index in [1.54, 1.807) is 6.21 Å². The highest BCUT2D eigenvalue weighted by Gasteiger charge is 2.23. The standard InChI is InChI=1S/C12H20BNO/c1-12(2,9-13)11(15)14-8-4-7-10-5-3-6-10/h8,10H,3-7,9H2,1-2H3. The third-order valence-corrected chi connectivity index (χ3v) is 3.23. The maximum Gasteiger partial charge on any atom is 0.250 e. The van der Waals surface area contributed by atoms with Gasteiger partial charge in [-0.2, -0.15) is 0 Å². The molecule has 2 nitrogen and oxygen atoms in total. The van der Waals surface area contributed by atoms with Crippen LogP contribution in [-0.4, -0.2) is 20.0 Å². The van der Waals surface area contributed by atoms with Crippen LogP contribution in [0.1, 0.15) is 46.0 Å². The third-order valence-electron chi connectivity index (χ3n) is 3.23. The van der Waals surface area contributed by atoms with Gasteiger partial charge in [-0.3, -0.25) is 4.79 Å². The number of amides is 1. The van der Waals surface area contributed by atoms with Crippen molar-refractivity contribution in [3.63, 3.8) is 0 Å². The molecule has 1 fully saturated rings. The molecule has 0 aromatic rings. The number of hydrogen-bond acceptors (Lipinski definition) is 1. The molecule has 0 saturated heterocycles. The molecule has 15 heavy (non-hydrogen) atoms. The fourth-order valence-corrected chi connectivity index (χ4v) is 1.50. The quantitative estimate of drug-likeness (QED) is 0.501. The van der Waals surface area contributed by atoms with Gasteiger partial charge in [-0.15, -0.1) is 0 Å². The van der Waals surface area contributed by atoms with Gasteiger partial charge in [0.2, 0.25) is 5.91 Å². The Morgan fingerprint density at radius 3 is 2.67 bits per heavy atom. The summed E-state index contributed by atoms with van der Waals surface area (Å²) in [5.41, 5.74) is -0.507. The van der Waals surface area contributed by atoms with Gasteiger partial charge in [-0.25, -0.2) is 4.99 Å². The van der Waals surface area contributed by atoms with E-state index in [1.807, 2.05) is 13.8 Å². The predicted octanol–water partition coefficient (Wildman–Crippen LogP) is 2.78. The monoisotopic (exact) mass is 205 g/mol. The fraction of sp³-hybridized carbons (Fsp3) is 0.833. The van der Waals surface area contributed by atoms with Crippen molar-refractivity contribution in [1.29, 1.82) is 0 Å². The summed E-state index contributed by atoms with van der Waals surface area (Å²) in [5.74, 6) is 0.785. The van der Waals surface area contributed by atoms with Gasteiger partial charge in [0.15, 0.2) is 0 Å². The maximum absolute atomic E-state index is 11.5. The Labute approximate surface area is 94.0 Å². The van der Waals surface area contributed by atoms with Crippen LogP contribution in [0.25, 0.3) is 0 Å². The summed E-state index contributed by atoms with van der Waals surface area (Å²) in [5, 5.41) is 0. The van der Waals surface area contributed by atoms with Crippen LogP contribution in [-0.2, 0) is 4.79 Å². The first kappa shape index (κ1) is 12.5. The lowest BCUT2D eigenvalue weighted by atomic mass is 9.79. The minimum Gasteiger partial charge on any atom is -0.272 e. The highest BCUT2D eigenvalue weighted by molar-refractivity contribution is 6.11. The van der Waals surface area contributed by atoms with Gasteiger partial charge in [-0.05, 0) is 18.8 Å². The fourth-order valence-electron chi connectivity index (χ4n) is 1.50. The Morgan fingerprint density at radius 1 is 1.53 bits per heavy atom. The molecule has 0 spiro atoms. The summed E-state index contributed by atoms with van der Waals surface area (Å²) < 4.78 is 0. The Balaban J connectivity index is 2.21. The van der Waals surface area contributed by atoms with Crippen molar-refractivity contribution in [3.05, 3.63) is 0 Å². The van der Waals surface area contributed by atoms with Crippen LogP contribution in [0.15, 0.2) is 4.99 Å². The summed E-state index contributed by atoms with van der Waals surface area (Å²) >= 11 is 0. The van der Waals surface area contributed by atoms with Crippen molar-refractivity contribution in [1.82, 2.24) is 0 Å². The summed E-state index contributed by atoms with van der Waals surface area (Å²) in [6, 6.07) is 0. The molecule has 0 aromatic heterocycles. The topological polar surface area (TPSA) is 29.4 Å². The first-order valence-electron chi connectivity index (χ1n) is 5.83. The van der Waals surface area contributed by atoms with Crippen molar-refractivity contribution in [3.8, 4) is 0 Å². The summed E-state index contributed by atoms with van der Waals surface area (Å²) in [4.78, 5) is 15.5. The average molecular weight is 205 g/mol. The highest BCUT2D eigenvalue weighted by Crippen LogP contribution is 2.30. The second kappa shape index (κ2) is 5.48. The summed E-state index contributed by atoms with van der Waals surface area (Å²) in [6.07, 6.45) is 8.31. The Bertz CT molecular complexity index is 244. The Morgan fingerprint density at radius 2 is 2.20 bits per heavy atom. The first-order valence-corrected chi connectivity index (χ1v) is 5.83. The second-order valence-electron chi connectivity index (χ2n) is 5.08. The van der Waals surface area contributed by atoms with Crippen molar-refractivity contribution in [2.24, 2.45) is 16.3 Å². The molecule has 1 rings (SSSR count). The molecule has 0 bridgehead atoms. The summed E-state index contributed by atoms with van der Waals surface area (Å²) in [7, 11) is 5.50. The van der Waals surface area contributed by atoms with Gasteiger partial charge < -0.3 is 0 Å². The molecule has 0 aromatic carbocycles. The molecule has 1 amide bonds. The molecule has 3 heteroatoms. The number of rotatable bonds is 5. The van der Waals surface area contributed by atoms with Crippen molar-refractivity contribution < 1.29 is 4.79 Å². The van der Waals surface area contributed by atoms with Gasteiger partial charge in [0.25, 0.3) is 0 Å². The lowest BCUT2D eigenvalue weighted by molar-refractivity contribution is -0.124. The number of carbonyl (C=O) groups is 1. The smallest absolute Gasteiger partial charge is 0.250 e. The van der Waals surface area contributed by atoms with E-state index in [0.29, 0.717) is 6.32 Å². The molecule has 0 atom stereocenters. The highest BCUT2D eigenvalue weighted by atomic mass is 16.1. The van der Waals surface area contributed by atoms with Gasteiger partial charge in [0.05, 0.1) is 7.85 Å². The zero-order valence-corrected chi connectivity index (χ0v) is 9.83. The number of nitrogens with zero attached hydrogens (tertiary/aromatic N) is 1. The molecule has 1 aliphatic rings. The van der Waals surface area contributed by atoms with Gasteiger partial charge >= 0.3 is 0 Å². The van der Waals surface area contributed by atoms with Gasteiger partial charge in [-0.1, -0.05) is 39.4 Å². The predicted molar refractivity (Wildman–Crippen MR) is 64.4 cm³/mol. The average Bonchev–Trinajstić information content (AvgIpc) is 2.14. The van der Waals surface area contributed by atoms with E-state index in [9.17, 15) is 4.79 Å². The van der Waals surface area contributed by atoms with Crippen LogP contribution in [0.2, 0.25) is 6.32 Å². The molecule has 2 radical (unpaired) electrons. The summed E-state index contributed by atoms with van der Waals surface area (Å²) in [6.45, 7) is 3.66. The van der Waals surface area contributed by atoms with E-state index in [1.165, 1.54) is 25.7 Å². The minimum atomic E-state index is -0.507. The molecule has 1 saturated carbocycles. The van der Waals surface area contributed by atoms with Crippen molar-refractivity contribution >= 4 is 20.0 Å². The number of aliphatic imine (C=N–C) groups is 1. The Hall–Kier alpha value is -0.595. The molecule has 0 heterocycles. The van der Waals surface area contributed by atoms with Crippen LogP contribution < -0.4 is 0 Å². The van der Waals surface area contributed by atoms with E-state index in [0.717, 1.165) is 12.3 Å². The normalized spacial score (nSPS) is 18.0. The van der Waals surface area contributed by atoms with Gasteiger partial charge in [0.1, 0.15) is 0 Å². The molecule has 0 N–H and O–H groups in total. The molecule has 0 aliphatic heterocycles. The molecule has 0 unspecified atom stereocenters. The SMILES string of the molecule is [B]CC(C)(C)C(=O)N=CCCC1CCC1. The Kier molecular flexibility index (Phi) is 4.56. The van der Waals surface area contributed by atoms with E-state index in [-0.39, 0.29) is 5.91 Å². The van der Waals surface area contributed by atoms with Crippen LogP contribution in [0.4, 0.5) is 0 Å². The van der Waals surface area contributed by atoms with Crippen LogP contribution in [0.3, 0.4) is 0 Å². The molecule has 1 aliphatic carbocycles. The lowest BCUT2D eigenvalue weighted by Crippen LogP contribution is -2.21. The zero-order valence-electron chi connectivity index (χ0n) is 9.83. The molecular formula is C12H20BNO. The van der Waals surface area contributed by atoms with E-state index in [2.05, 4.69) is 4.99 Å². The first-order chi connectivity index (χ1) is 7.06. The zero-order chi connectivity index (χ0) is 11.3. The number of carbonyl (C=O) groups excluding carboxylic acids is 1.